The van der Waals surface area contributed by atoms with Gasteiger partial charge in [-0.15, -0.1) is 11.3 Å². The lowest BCUT2D eigenvalue weighted by molar-refractivity contribution is -0.119. The number of benzene rings is 1. The molecule has 10 heteroatoms. The van der Waals surface area contributed by atoms with E-state index in [1.54, 1.807) is 12.1 Å². The van der Waals surface area contributed by atoms with E-state index in [2.05, 4.69) is 41.9 Å². The molecule has 0 unspecified atom stereocenters. The number of hydrogen-bond donors (Lipinski definition) is 1. The highest BCUT2D eigenvalue weighted by atomic mass is 79.9. The van der Waals surface area contributed by atoms with Crippen molar-refractivity contribution in [2.45, 2.75) is 6.61 Å². The van der Waals surface area contributed by atoms with Crippen molar-refractivity contribution < 1.29 is 27.8 Å². The Kier molecular flexibility index (Phi) is 6.69. The first-order valence-corrected chi connectivity index (χ1v) is 8.72. The van der Waals surface area contributed by atoms with Gasteiger partial charge in [0.25, 0.3) is 5.91 Å². The molecule has 0 spiro atoms. The zero-order valence-electron chi connectivity index (χ0n) is 11.7. The lowest BCUT2D eigenvalue weighted by Gasteiger charge is -2.11. The predicted octanol–water partition coefficient (Wildman–Crippen LogP) is 4.67. The molecule has 1 aromatic heterocycles. The van der Waals surface area contributed by atoms with Gasteiger partial charge in [0.15, 0.2) is 6.61 Å². The number of esters is 1. The van der Waals surface area contributed by atoms with Crippen LogP contribution >= 0.6 is 43.2 Å². The number of anilines is 1. The van der Waals surface area contributed by atoms with Crippen molar-refractivity contribution in [1.29, 1.82) is 0 Å². The third-order valence-electron chi connectivity index (χ3n) is 2.56. The van der Waals surface area contributed by atoms with Crippen LogP contribution in [0.1, 0.15) is 9.67 Å². The highest BCUT2D eigenvalue weighted by molar-refractivity contribution is 9.13. The van der Waals surface area contributed by atoms with E-state index in [0.29, 0.717) is 9.35 Å². The Labute approximate surface area is 156 Å². The standard InChI is InChI=1S/C14H9Br2F2NO4S/c15-7-5-10(24-12(7)16)13(21)22-6-11(20)19-8-3-1-2-4-9(8)23-14(17)18/h1-5,14H,6H2,(H,19,20). The fraction of sp³-hybridized carbons (Fsp3) is 0.143. The van der Waals surface area contributed by atoms with Gasteiger partial charge < -0.3 is 14.8 Å². The molecule has 1 N–H and O–H groups in total. The fourth-order valence-electron chi connectivity index (χ4n) is 1.60. The molecular formula is C14H9Br2F2NO4S. The highest BCUT2D eigenvalue weighted by Gasteiger charge is 2.16. The van der Waals surface area contributed by atoms with E-state index in [4.69, 9.17) is 4.74 Å². The monoisotopic (exact) mass is 483 g/mol. The molecule has 128 valence electrons. The molecule has 1 aromatic carbocycles. The summed E-state index contributed by atoms with van der Waals surface area (Å²) in [6.07, 6.45) is 0. The molecule has 2 rings (SSSR count). The third-order valence-corrected chi connectivity index (χ3v) is 5.79. The first kappa shape index (κ1) is 18.8. The van der Waals surface area contributed by atoms with Gasteiger partial charge in [-0.25, -0.2) is 4.79 Å². The topological polar surface area (TPSA) is 64.6 Å². The van der Waals surface area contributed by atoms with Crippen LogP contribution < -0.4 is 10.1 Å². The number of hydrogen-bond acceptors (Lipinski definition) is 5. The van der Waals surface area contributed by atoms with Gasteiger partial charge >= 0.3 is 12.6 Å². The normalized spacial score (nSPS) is 10.5. The van der Waals surface area contributed by atoms with Gasteiger partial charge in [0.1, 0.15) is 10.6 Å². The number of para-hydroxylation sites is 2. The lowest BCUT2D eigenvalue weighted by atomic mass is 10.3. The van der Waals surface area contributed by atoms with Crippen LogP contribution in [-0.2, 0) is 9.53 Å². The summed E-state index contributed by atoms with van der Waals surface area (Å²) in [6, 6.07) is 7.26. The van der Waals surface area contributed by atoms with Gasteiger partial charge in [-0.2, -0.15) is 8.78 Å². The van der Waals surface area contributed by atoms with Crippen molar-refractivity contribution in [3.05, 3.63) is 43.5 Å². The van der Waals surface area contributed by atoms with Crippen LogP contribution in [0.2, 0.25) is 0 Å². The molecule has 2 aromatic rings. The molecule has 5 nitrogen and oxygen atoms in total. The molecule has 0 radical (unpaired) electrons. The minimum atomic E-state index is -3.02. The Hall–Kier alpha value is -1.52. The largest absolute Gasteiger partial charge is 0.451 e. The number of carbonyl (C=O) groups is 2. The number of alkyl halides is 2. The molecule has 1 heterocycles. The average molecular weight is 485 g/mol. The molecule has 0 fully saturated rings. The maximum atomic E-state index is 12.3. The molecule has 0 aliphatic carbocycles. The second kappa shape index (κ2) is 8.54. The summed E-state index contributed by atoms with van der Waals surface area (Å²) in [5.41, 5.74) is 0.0560. The van der Waals surface area contributed by atoms with E-state index < -0.39 is 25.1 Å². The summed E-state index contributed by atoms with van der Waals surface area (Å²) >= 11 is 7.63. The average Bonchev–Trinajstić information content (AvgIpc) is 2.86. The molecule has 0 aliphatic rings. The number of amides is 1. The quantitative estimate of drug-likeness (QED) is 0.605. The summed E-state index contributed by atoms with van der Waals surface area (Å²) in [4.78, 5) is 23.9. The lowest BCUT2D eigenvalue weighted by Crippen LogP contribution is -2.21. The van der Waals surface area contributed by atoms with E-state index in [9.17, 15) is 18.4 Å². The summed E-state index contributed by atoms with van der Waals surface area (Å²) in [5, 5.41) is 2.35. The van der Waals surface area contributed by atoms with Crippen LogP contribution in [0.4, 0.5) is 14.5 Å². The van der Waals surface area contributed by atoms with E-state index >= 15 is 0 Å². The van der Waals surface area contributed by atoms with Crippen molar-refractivity contribution in [3.8, 4) is 5.75 Å². The maximum Gasteiger partial charge on any atom is 0.387 e. The number of nitrogens with one attached hydrogen (secondary N) is 1. The van der Waals surface area contributed by atoms with Crippen LogP contribution in [0, 0.1) is 0 Å². The first-order valence-electron chi connectivity index (χ1n) is 6.32. The molecule has 0 saturated heterocycles. The van der Waals surface area contributed by atoms with Crippen LogP contribution in [0.25, 0.3) is 0 Å². The number of carbonyl (C=O) groups excluding carboxylic acids is 2. The zero-order valence-corrected chi connectivity index (χ0v) is 15.7. The fourth-order valence-corrected chi connectivity index (χ4v) is 3.53. The van der Waals surface area contributed by atoms with Crippen molar-refractivity contribution >= 4 is 60.8 Å². The Balaban J connectivity index is 1.93. The Bertz CT molecular complexity index is 735. The number of ether oxygens (including phenoxy) is 2. The van der Waals surface area contributed by atoms with Gasteiger partial charge in [0.2, 0.25) is 0 Å². The summed E-state index contributed by atoms with van der Waals surface area (Å²) in [6.45, 7) is -3.58. The van der Waals surface area contributed by atoms with E-state index in [1.165, 1.54) is 18.2 Å². The Morgan fingerprint density at radius 1 is 1.25 bits per heavy atom. The van der Waals surface area contributed by atoms with Gasteiger partial charge in [0, 0.05) is 4.47 Å². The maximum absolute atomic E-state index is 12.3. The van der Waals surface area contributed by atoms with Gasteiger partial charge in [0.05, 0.1) is 9.47 Å². The molecule has 0 aliphatic heterocycles. The van der Waals surface area contributed by atoms with E-state index in [0.717, 1.165) is 15.1 Å². The molecular weight excluding hydrogens is 476 g/mol. The minimum absolute atomic E-state index is 0.0560. The van der Waals surface area contributed by atoms with Crippen LogP contribution in [-0.4, -0.2) is 25.1 Å². The van der Waals surface area contributed by atoms with Crippen molar-refractivity contribution in [2.24, 2.45) is 0 Å². The Morgan fingerprint density at radius 2 is 1.96 bits per heavy atom. The van der Waals surface area contributed by atoms with Crippen molar-refractivity contribution in [1.82, 2.24) is 0 Å². The van der Waals surface area contributed by atoms with Crippen LogP contribution in [0.3, 0.4) is 0 Å². The van der Waals surface area contributed by atoms with E-state index in [-0.39, 0.29) is 11.4 Å². The number of thiophene rings is 1. The Morgan fingerprint density at radius 3 is 2.58 bits per heavy atom. The molecule has 1 amide bonds. The van der Waals surface area contributed by atoms with Crippen LogP contribution in [0.15, 0.2) is 38.6 Å². The van der Waals surface area contributed by atoms with Gasteiger partial charge in [-0.1, -0.05) is 12.1 Å². The van der Waals surface area contributed by atoms with Crippen molar-refractivity contribution in [2.75, 3.05) is 11.9 Å². The first-order chi connectivity index (χ1) is 11.4. The van der Waals surface area contributed by atoms with Gasteiger partial charge in [-0.3, -0.25) is 4.79 Å². The highest BCUT2D eigenvalue weighted by Crippen LogP contribution is 2.32. The molecule has 0 atom stereocenters. The van der Waals surface area contributed by atoms with E-state index in [1.807, 2.05) is 0 Å². The minimum Gasteiger partial charge on any atom is -0.451 e. The molecule has 0 bridgehead atoms. The summed E-state index contributed by atoms with van der Waals surface area (Å²) in [7, 11) is 0. The molecule has 0 saturated carbocycles. The summed E-state index contributed by atoms with van der Waals surface area (Å²) < 4.78 is 35.2. The second-order valence-corrected chi connectivity index (χ2v) is 7.46. The SMILES string of the molecule is O=C(COC(=O)c1cc(Br)c(Br)s1)Nc1ccccc1OC(F)F. The molecule has 24 heavy (non-hydrogen) atoms. The second-order valence-electron chi connectivity index (χ2n) is 4.23. The third kappa shape index (κ3) is 5.25. The predicted molar refractivity (Wildman–Crippen MR) is 91.7 cm³/mol. The number of rotatable bonds is 6. The summed E-state index contributed by atoms with van der Waals surface area (Å²) in [5.74, 6) is -1.53. The van der Waals surface area contributed by atoms with Crippen molar-refractivity contribution in [3.63, 3.8) is 0 Å². The van der Waals surface area contributed by atoms with Gasteiger partial charge in [-0.05, 0) is 50.1 Å². The number of halogens is 4. The smallest absolute Gasteiger partial charge is 0.387 e. The zero-order chi connectivity index (χ0) is 17.7. The van der Waals surface area contributed by atoms with Crippen LogP contribution in [0.5, 0.6) is 5.75 Å².